The molecule has 0 aliphatic carbocycles. The Morgan fingerprint density at radius 1 is 1.56 bits per heavy atom. The first-order valence-electron chi connectivity index (χ1n) is 5.04. The minimum absolute atomic E-state index is 0.587. The summed E-state index contributed by atoms with van der Waals surface area (Å²) in [5, 5.41) is 12.2. The Bertz CT molecular complexity index is 474. The molecule has 2 aromatic rings. The highest BCUT2D eigenvalue weighted by Crippen LogP contribution is 2.25. The van der Waals surface area contributed by atoms with Crippen LogP contribution in [0.25, 0.3) is 0 Å². The van der Waals surface area contributed by atoms with E-state index in [4.69, 9.17) is 5.73 Å². The van der Waals surface area contributed by atoms with Gasteiger partial charge in [-0.25, -0.2) is 0 Å². The van der Waals surface area contributed by atoms with Crippen molar-refractivity contribution in [3.05, 3.63) is 17.7 Å². The van der Waals surface area contributed by atoms with Crippen molar-refractivity contribution in [2.24, 2.45) is 0 Å². The Morgan fingerprint density at radius 2 is 2.38 bits per heavy atom. The van der Waals surface area contributed by atoms with Crippen molar-refractivity contribution >= 4 is 22.4 Å². The van der Waals surface area contributed by atoms with Crippen molar-refractivity contribution in [2.75, 3.05) is 11.1 Å². The average Bonchev–Trinajstić information content (AvgIpc) is 2.86. The average molecular weight is 238 g/mol. The van der Waals surface area contributed by atoms with Crippen LogP contribution in [0.15, 0.2) is 6.33 Å². The molecule has 2 rings (SSSR count). The third kappa shape index (κ3) is 1.99. The van der Waals surface area contributed by atoms with E-state index in [1.807, 2.05) is 11.5 Å². The molecule has 0 saturated carbocycles. The number of nitrogens with two attached hydrogens (primary N) is 1. The van der Waals surface area contributed by atoms with Gasteiger partial charge in [-0.3, -0.25) is 0 Å². The minimum atomic E-state index is 0.587. The van der Waals surface area contributed by atoms with Gasteiger partial charge < -0.3 is 15.6 Å². The Balaban J connectivity index is 2.05. The van der Waals surface area contributed by atoms with Crippen molar-refractivity contribution in [2.45, 2.75) is 26.9 Å². The van der Waals surface area contributed by atoms with Gasteiger partial charge in [0.25, 0.3) is 0 Å². The second kappa shape index (κ2) is 4.48. The number of anilines is 2. The molecule has 0 amide bonds. The summed E-state index contributed by atoms with van der Waals surface area (Å²) in [6.07, 6.45) is 1.73. The molecule has 0 spiro atoms. The molecule has 0 saturated heterocycles. The van der Waals surface area contributed by atoms with Crippen LogP contribution in [0.3, 0.4) is 0 Å². The molecular formula is C9H14N6S. The van der Waals surface area contributed by atoms with E-state index in [1.165, 1.54) is 11.5 Å². The Morgan fingerprint density at radius 3 is 3.00 bits per heavy atom. The first-order chi connectivity index (χ1) is 7.72. The van der Waals surface area contributed by atoms with Gasteiger partial charge in [-0.05, 0) is 25.4 Å². The number of hydrogen-bond acceptors (Lipinski definition) is 6. The summed E-state index contributed by atoms with van der Waals surface area (Å²) >= 11 is 1.37. The lowest BCUT2D eigenvalue weighted by Crippen LogP contribution is -2.07. The fraction of sp³-hybridized carbons (Fsp3) is 0.444. The number of nitrogen functional groups attached to an aromatic ring is 1. The van der Waals surface area contributed by atoms with E-state index in [1.54, 1.807) is 6.33 Å². The fourth-order valence-electron chi connectivity index (χ4n) is 1.35. The highest BCUT2D eigenvalue weighted by atomic mass is 32.1. The fourth-order valence-corrected chi connectivity index (χ4v) is 2.06. The van der Waals surface area contributed by atoms with Crippen molar-refractivity contribution in [1.29, 1.82) is 0 Å². The zero-order valence-electron chi connectivity index (χ0n) is 9.27. The van der Waals surface area contributed by atoms with Crippen LogP contribution in [-0.2, 0) is 13.1 Å². The maximum Gasteiger partial charge on any atom is 0.152 e. The molecule has 6 nitrogen and oxygen atoms in total. The van der Waals surface area contributed by atoms with E-state index in [0.29, 0.717) is 12.4 Å². The maximum absolute atomic E-state index is 5.67. The van der Waals surface area contributed by atoms with E-state index in [9.17, 15) is 0 Å². The lowest BCUT2D eigenvalue weighted by Gasteiger charge is -2.05. The van der Waals surface area contributed by atoms with Crippen molar-refractivity contribution in [3.8, 4) is 0 Å². The number of aromatic nitrogens is 4. The largest absolute Gasteiger partial charge is 0.383 e. The minimum Gasteiger partial charge on any atom is -0.383 e. The normalized spacial score (nSPS) is 10.6. The van der Waals surface area contributed by atoms with Gasteiger partial charge in [0.05, 0.1) is 6.54 Å². The van der Waals surface area contributed by atoms with Crippen molar-refractivity contribution in [1.82, 2.24) is 19.1 Å². The van der Waals surface area contributed by atoms with Crippen LogP contribution in [0.2, 0.25) is 0 Å². The SMILES string of the molecule is CCn1cnnc1CNc1snc(N)c1C. The van der Waals surface area contributed by atoms with Gasteiger partial charge in [-0.1, -0.05) is 0 Å². The van der Waals surface area contributed by atoms with Gasteiger partial charge in [-0.15, -0.1) is 10.2 Å². The number of hydrogen-bond donors (Lipinski definition) is 2. The lowest BCUT2D eigenvalue weighted by molar-refractivity contribution is 0.708. The summed E-state index contributed by atoms with van der Waals surface area (Å²) in [7, 11) is 0. The molecule has 3 N–H and O–H groups in total. The third-order valence-electron chi connectivity index (χ3n) is 2.40. The predicted molar refractivity (Wildman–Crippen MR) is 64.3 cm³/mol. The second-order valence-corrected chi connectivity index (χ2v) is 4.18. The second-order valence-electron chi connectivity index (χ2n) is 3.41. The molecule has 0 atom stereocenters. The lowest BCUT2D eigenvalue weighted by atomic mass is 10.3. The van der Waals surface area contributed by atoms with Gasteiger partial charge in [-0.2, -0.15) is 4.37 Å². The standard InChI is InChI=1S/C9H14N6S/c1-3-15-5-12-13-7(15)4-11-9-6(2)8(10)14-16-9/h5,11H,3-4H2,1-2H3,(H2,10,14). The van der Waals surface area contributed by atoms with E-state index >= 15 is 0 Å². The van der Waals surface area contributed by atoms with Gasteiger partial charge >= 0.3 is 0 Å². The summed E-state index contributed by atoms with van der Waals surface area (Å²) in [6.45, 7) is 5.51. The highest BCUT2D eigenvalue weighted by molar-refractivity contribution is 7.10. The zero-order valence-corrected chi connectivity index (χ0v) is 10.1. The molecule has 0 aliphatic rings. The molecule has 0 aliphatic heterocycles. The zero-order chi connectivity index (χ0) is 11.5. The first kappa shape index (κ1) is 10.9. The molecule has 7 heteroatoms. The topological polar surface area (TPSA) is 81.7 Å². The van der Waals surface area contributed by atoms with Gasteiger partial charge in [0.15, 0.2) is 5.82 Å². The van der Waals surface area contributed by atoms with Crippen LogP contribution in [0.4, 0.5) is 10.8 Å². The molecule has 0 fully saturated rings. The molecule has 0 aromatic carbocycles. The van der Waals surface area contributed by atoms with Crippen LogP contribution < -0.4 is 11.1 Å². The monoisotopic (exact) mass is 238 g/mol. The summed E-state index contributed by atoms with van der Waals surface area (Å²) < 4.78 is 6.07. The third-order valence-corrected chi connectivity index (χ3v) is 3.32. The Kier molecular flexibility index (Phi) is 3.04. The molecule has 0 bridgehead atoms. The van der Waals surface area contributed by atoms with Crippen molar-refractivity contribution in [3.63, 3.8) is 0 Å². The molecule has 86 valence electrons. The van der Waals surface area contributed by atoms with Crippen molar-refractivity contribution < 1.29 is 0 Å². The summed E-state index contributed by atoms with van der Waals surface area (Å²) in [4.78, 5) is 0. The molecule has 16 heavy (non-hydrogen) atoms. The molecule has 2 heterocycles. The molecular weight excluding hydrogens is 224 g/mol. The van der Waals surface area contributed by atoms with E-state index in [2.05, 4.69) is 26.8 Å². The number of aryl methyl sites for hydroxylation is 1. The molecule has 2 aromatic heterocycles. The van der Waals surface area contributed by atoms with E-state index in [-0.39, 0.29) is 0 Å². The van der Waals surface area contributed by atoms with Crippen LogP contribution in [-0.4, -0.2) is 19.1 Å². The van der Waals surface area contributed by atoms with Gasteiger partial charge in [0, 0.05) is 12.1 Å². The van der Waals surface area contributed by atoms with E-state index in [0.717, 1.165) is 22.9 Å². The summed E-state index contributed by atoms with van der Waals surface area (Å²) in [5.74, 6) is 1.50. The molecule has 0 unspecified atom stereocenters. The highest BCUT2D eigenvalue weighted by Gasteiger charge is 2.08. The first-order valence-corrected chi connectivity index (χ1v) is 5.82. The van der Waals surface area contributed by atoms with Gasteiger partial charge in [0.1, 0.15) is 17.1 Å². The summed E-state index contributed by atoms with van der Waals surface area (Å²) in [6, 6.07) is 0. The van der Waals surface area contributed by atoms with Crippen LogP contribution in [0, 0.1) is 6.92 Å². The van der Waals surface area contributed by atoms with Crippen LogP contribution in [0.5, 0.6) is 0 Å². The smallest absolute Gasteiger partial charge is 0.152 e. The molecule has 0 radical (unpaired) electrons. The predicted octanol–water partition coefficient (Wildman–Crippen LogP) is 1.26. The van der Waals surface area contributed by atoms with Crippen LogP contribution in [0.1, 0.15) is 18.3 Å². The quantitative estimate of drug-likeness (QED) is 0.838. The maximum atomic E-state index is 5.67. The number of nitrogens with one attached hydrogen (secondary N) is 1. The number of nitrogens with zero attached hydrogens (tertiary/aromatic N) is 4. The van der Waals surface area contributed by atoms with E-state index < -0.39 is 0 Å². The number of rotatable bonds is 4. The summed E-state index contributed by atoms with van der Waals surface area (Å²) in [5.41, 5.74) is 6.66. The Hall–Kier alpha value is -1.63. The Labute approximate surface area is 97.7 Å². The van der Waals surface area contributed by atoms with Crippen LogP contribution >= 0.6 is 11.5 Å². The van der Waals surface area contributed by atoms with Gasteiger partial charge in [0.2, 0.25) is 0 Å².